The van der Waals surface area contributed by atoms with Gasteiger partial charge in [-0.3, -0.25) is 0 Å². The van der Waals surface area contributed by atoms with Crippen LogP contribution in [0.5, 0.6) is 0 Å². The Labute approximate surface area is 86.5 Å². The second-order valence-electron chi connectivity index (χ2n) is 3.46. The van der Waals surface area contributed by atoms with Gasteiger partial charge in [0, 0.05) is 6.42 Å². The maximum atomic E-state index is 12.0. The van der Waals surface area contributed by atoms with Crippen molar-refractivity contribution in [1.29, 1.82) is 0 Å². The lowest BCUT2D eigenvalue weighted by atomic mass is 10.1. The van der Waals surface area contributed by atoms with Gasteiger partial charge in [0.1, 0.15) is 5.76 Å². The minimum Gasteiger partial charge on any atom is -0.467 e. The number of hydrogen-bond acceptors (Lipinski definition) is 2. The zero-order valence-corrected chi connectivity index (χ0v) is 8.69. The molecule has 86 valence electrons. The zero-order chi connectivity index (χ0) is 11.5. The van der Waals surface area contributed by atoms with Crippen LogP contribution in [0.25, 0.3) is 0 Å². The first-order valence-corrected chi connectivity index (χ1v) is 4.72. The molecule has 2 nitrogen and oxygen atoms in total. The molecule has 0 amide bonds. The van der Waals surface area contributed by atoms with Crippen LogP contribution in [-0.2, 0) is 0 Å². The molecular weight excluding hydrogens is 207 g/mol. The highest BCUT2D eigenvalue weighted by atomic mass is 19.4. The second kappa shape index (κ2) is 4.70. The summed E-state index contributed by atoms with van der Waals surface area (Å²) in [6.45, 7) is 1.82. The molecular formula is C10H14F3NO. The first-order chi connectivity index (χ1) is 6.94. The van der Waals surface area contributed by atoms with E-state index in [4.69, 9.17) is 4.42 Å². The number of nitrogens with one attached hydrogen (secondary N) is 1. The van der Waals surface area contributed by atoms with Crippen molar-refractivity contribution in [2.45, 2.75) is 32.0 Å². The molecule has 0 aromatic carbocycles. The fourth-order valence-electron chi connectivity index (χ4n) is 1.46. The van der Waals surface area contributed by atoms with E-state index in [0.717, 1.165) is 5.56 Å². The van der Waals surface area contributed by atoms with Crippen molar-refractivity contribution in [3.63, 3.8) is 0 Å². The predicted molar refractivity (Wildman–Crippen MR) is 50.5 cm³/mol. The van der Waals surface area contributed by atoms with Crippen molar-refractivity contribution in [1.82, 2.24) is 5.32 Å². The fourth-order valence-corrected chi connectivity index (χ4v) is 1.46. The predicted octanol–water partition coefficient (Wildman–Crippen LogP) is 3.19. The zero-order valence-electron chi connectivity index (χ0n) is 8.69. The van der Waals surface area contributed by atoms with Crippen LogP contribution in [0.1, 0.15) is 30.2 Å². The molecule has 0 bridgehead atoms. The van der Waals surface area contributed by atoms with E-state index in [1.54, 1.807) is 13.1 Å². The van der Waals surface area contributed by atoms with Gasteiger partial charge in [-0.05, 0) is 32.0 Å². The first-order valence-electron chi connectivity index (χ1n) is 4.72. The van der Waals surface area contributed by atoms with E-state index in [1.165, 1.54) is 6.26 Å². The molecule has 0 spiro atoms. The maximum absolute atomic E-state index is 12.0. The van der Waals surface area contributed by atoms with Crippen LogP contribution in [0.4, 0.5) is 13.2 Å². The van der Waals surface area contributed by atoms with Gasteiger partial charge in [-0.1, -0.05) is 0 Å². The molecule has 1 rings (SSSR count). The van der Waals surface area contributed by atoms with Crippen LogP contribution in [0, 0.1) is 6.92 Å². The van der Waals surface area contributed by atoms with Crippen LogP contribution in [-0.4, -0.2) is 13.2 Å². The van der Waals surface area contributed by atoms with Crippen molar-refractivity contribution in [3.8, 4) is 0 Å². The van der Waals surface area contributed by atoms with E-state index in [0.29, 0.717) is 5.76 Å². The largest absolute Gasteiger partial charge is 0.467 e. The van der Waals surface area contributed by atoms with Gasteiger partial charge in [0.05, 0.1) is 12.3 Å². The average Bonchev–Trinajstić information content (AvgIpc) is 2.52. The Hall–Kier alpha value is -0.970. The molecule has 0 saturated heterocycles. The average molecular weight is 221 g/mol. The molecule has 1 heterocycles. The summed E-state index contributed by atoms with van der Waals surface area (Å²) in [7, 11) is 1.63. The third-order valence-corrected chi connectivity index (χ3v) is 2.28. The quantitative estimate of drug-likeness (QED) is 0.844. The maximum Gasteiger partial charge on any atom is 0.389 e. The second-order valence-corrected chi connectivity index (χ2v) is 3.46. The minimum absolute atomic E-state index is 0.00560. The van der Waals surface area contributed by atoms with Crippen molar-refractivity contribution in [2.75, 3.05) is 7.05 Å². The Morgan fingerprint density at radius 3 is 2.53 bits per heavy atom. The molecule has 1 atom stereocenters. The molecule has 0 aliphatic heterocycles. The first kappa shape index (κ1) is 12.1. The van der Waals surface area contributed by atoms with Crippen molar-refractivity contribution < 1.29 is 17.6 Å². The Kier molecular flexibility index (Phi) is 3.79. The molecule has 0 aliphatic rings. The fraction of sp³-hybridized carbons (Fsp3) is 0.600. The van der Waals surface area contributed by atoms with Gasteiger partial charge in [-0.15, -0.1) is 0 Å². The SMILES string of the molecule is CNC(CCC(F)(F)F)c1occc1C. The summed E-state index contributed by atoms with van der Waals surface area (Å²) in [4.78, 5) is 0. The normalized spacial score (nSPS) is 14.2. The van der Waals surface area contributed by atoms with E-state index in [-0.39, 0.29) is 12.5 Å². The lowest BCUT2D eigenvalue weighted by molar-refractivity contribution is -0.136. The number of rotatable bonds is 4. The third kappa shape index (κ3) is 3.58. The smallest absolute Gasteiger partial charge is 0.389 e. The molecule has 0 radical (unpaired) electrons. The highest BCUT2D eigenvalue weighted by Gasteiger charge is 2.29. The summed E-state index contributed by atoms with van der Waals surface area (Å²) in [5.74, 6) is 0.585. The van der Waals surface area contributed by atoms with Gasteiger partial charge >= 0.3 is 6.18 Å². The summed E-state index contributed by atoms with van der Waals surface area (Å²) < 4.78 is 41.3. The molecule has 1 aromatic rings. The van der Waals surface area contributed by atoms with Crippen LogP contribution < -0.4 is 5.32 Å². The Morgan fingerprint density at radius 2 is 2.13 bits per heavy atom. The lowest BCUT2D eigenvalue weighted by Crippen LogP contribution is -2.19. The Balaban J connectivity index is 2.61. The van der Waals surface area contributed by atoms with E-state index >= 15 is 0 Å². The van der Waals surface area contributed by atoms with Gasteiger partial charge < -0.3 is 9.73 Å². The highest BCUT2D eigenvalue weighted by molar-refractivity contribution is 5.18. The topological polar surface area (TPSA) is 25.2 Å². The van der Waals surface area contributed by atoms with Crippen LogP contribution in [0.15, 0.2) is 16.7 Å². The molecule has 1 unspecified atom stereocenters. The summed E-state index contributed by atoms with van der Waals surface area (Å²) in [6.07, 6.45) is -3.44. The Bertz CT molecular complexity index is 306. The van der Waals surface area contributed by atoms with E-state index in [9.17, 15) is 13.2 Å². The van der Waals surface area contributed by atoms with Gasteiger partial charge in [-0.2, -0.15) is 13.2 Å². The summed E-state index contributed by atoms with van der Waals surface area (Å²) in [5, 5.41) is 2.82. The van der Waals surface area contributed by atoms with Gasteiger partial charge in [0.25, 0.3) is 0 Å². The number of aryl methyl sites for hydroxylation is 1. The van der Waals surface area contributed by atoms with Gasteiger partial charge in [-0.25, -0.2) is 0 Å². The van der Waals surface area contributed by atoms with E-state index in [1.807, 2.05) is 6.92 Å². The van der Waals surface area contributed by atoms with Crippen LogP contribution in [0.2, 0.25) is 0 Å². The molecule has 1 aromatic heterocycles. The molecule has 5 heteroatoms. The third-order valence-electron chi connectivity index (χ3n) is 2.28. The summed E-state index contributed by atoms with van der Waals surface area (Å²) >= 11 is 0. The molecule has 1 N–H and O–H groups in total. The van der Waals surface area contributed by atoms with Gasteiger partial charge in [0.2, 0.25) is 0 Å². The summed E-state index contributed by atoms with van der Waals surface area (Å²) in [5.41, 5.74) is 0.872. The highest BCUT2D eigenvalue weighted by Crippen LogP contribution is 2.28. The van der Waals surface area contributed by atoms with Crippen molar-refractivity contribution in [2.24, 2.45) is 0 Å². The molecule has 0 saturated carbocycles. The monoisotopic (exact) mass is 221 g/mol. The standard InChI is InChI=1S/C10H14F3NO/c1-7-4-6-15-9(7)8(14-2)3-5-10(11,12)13/h4,6,8,14H,3,5H2,1-2H3. The minimum atomic E-state index is -4.12. The number of furan rings is 1. The number of halogens is 3. The lowest BCUT2D eigenvalue weighted by Gasteiger charge is -2.15. The van der Waals surface area contributed by atoms with Crippen molar-refractivity contribution in [3.05, 3.63) is 23.7 Å². The van der Waals surface area contributed by atoms with Crippen LogP contribution >= 0.6 is 0 Å². The number of hydrogen-bond donors (Lipinski definition) is 1. The molecule has 0 aliphatic carbocycles. The number of alkyl halides is 3. The van der Waals surface area contributed by atoms with E-state index in [2.05, 4.69) is 5.32 Å². The van der Waals surface area contributed by atoms with Crippen molar-refractivity contribution >= 4 is 0 Å². The Morgan fingerprint density at radius 1 is 1.47 bits per heavy atom. The molecule has 15 heavy (non-hydrogen) atoms. The van der Waals surface area contributed by atoms with E-state index < -0.39 is 12.6 Å². The van der Waals surface area contributed by atoms with Gasteiger partial charge in [0.15, 0.2) is 0 Å². The van der Waals surface area contributed by atoms with Crippen LogP contribution in [0.3, 0.4) is 0 Å². The molecule has 0 fully saturated rings. The summed E-state index contributed by atoms with van der Waals surface area (Å²) in [6, 6.07) is 1.37.